The molecule has 0 radical (unpaired) electrons. The zero-order valence-electron chi connectivity index (χ0n) is 11.7. The maximum Gasteiger partial charge on any atom is 0.328 e. The van der Waals surface area contributed by atoms with Gasteiger partial charge in [-0.3, -0.25) is 4.79 Å². The Morgan fingerprint density at radius 2 is 1.90 bits per heavy atom. The van der Waals surface area contributed by atoms with Gasteiger partial charge in [0, 0.05) is 31.4 Å². The van der Waals surface area contributed by atoms with Crippen molar-refractivity contribution in [2.45, 2.75) is 19.3 Å². The van der Waals surface area contributed by atoms with Gasteiger partial charge in [-0.15, -0.1) is 0 Å². The highest BCUT2D eigenvalue weighted by molar-refractivity contribution is 5.91. The van der Waals surface area contributed by atoms with Crippen LogP contribution in [0, 0.1) is 5.92 Å². The predicted octanol–water partition coefficient (Wildman–Crippen LogP) is 2.54. The molecule has 5 heteroatoms. The molecule has 2 N–H and O–H groups in total. The van der Waals surface area contributed by atoms with E-state index in [-0.39, 0.29) is 5.91 Å². The van der Waals surface area contributed by atoms with Gasteiger partial charge in [0.2, 0.25) is 5.91 Å². The molecular formula is C16H19NO4. The van der Waals surface area contributed by atoms with E-state index >= 15 is 0 Å². The first-order chi connectivity index (χ1) is 10.1. The highest BCUT2D eigenvalue weighted by atomic mass is 16.5. The minimum absolute atomic E-state index is 0.00993. The SMILES string of the molecule is O=C(O)C=Cc1ccc(NC(=O)CC2CCOCC2)cc1. The number of carboxylic acids is 1. The maximum atomic E-state index is 11.9. The Morgan fingerprint density at radius 1 is 1.24 bits per heavy atom. The van der Waals surface area contributed by atoms with Crippen LogP contribution in [0.2, 0.25) is 0 Å². The summed E-state index contributed by atoms with van der Waals surface area (Å²) in [7, 11) is 0. The third-order valence-electron chi connectivity index (χ3n) is 3.43. The summed E-state index contributed by atoms with van der Waals surface area (Å²) in [5.74, 6) is -0.573. The fourth-order valence-corrected chi connectivity index (χ4v) is 2.27. The molecule has 0 bridgehead atoms. The lowest BCUT2D eigenvalue weighted by Gasteiger charge is -2.21. The van der Waals surface area contributed by atoms with Crippen molar-refractivity contribution in [1.29, 1.82) is 0 Å². The van der Waals surface area contributed by atoms with Gasteiger partial charge in [0.15, 0.2) is 0 Å². The number of carbonyl (C=O) groups excluding carboxylic acids is 1. The number of rotatable bonds is 5. The zero-order valence-corrected chi connectivity index (χ0v) is 11.7. The molecule has 0 atom stereocenters. The molecule has 0 aromatic heterocycles. The van der Waals surface area contributed by atoms with Crippen LogP contribution in [0.1, 0.15) is 24.8 Å². The van der Waals surface area contributed by atoms with Crippen molar-refractivity contribution in [2.75, 3.05) is 18.5 Å². The van der Waals surface area contributed by atoms with Gasteiger partial charge in [-0.1, -0.05) is 12.1 Å². The van der Waals surface area contributed by atoms with Crippen molar-refractivity contribution in [3.8, 4) is 0 Å². The number of carboxylic acid groups (broad SMARTS) is 1. The van der Waals surface area contributed by atoms with Gasteiger partial charge in [0.1, 0.15) is 0 Å². The van der Waals surface area contributed by atoms with Gasteiger partial charge in [-0.25, -0.2) is 4.79 Å². The van der Waals surface area contributed by atoms with Crippen molar-refractivity contribution in [1.82, 2.24) is 0 Å². The number of anilines is 1. The van der Waals surface area contributed by atoms with Gasteiger partial charge in [-0.05, 0) is 42.5 Å². The second-order valence-corrected chi connectivity index (χ2v) is 5.10. The largest absolute Gasteiger partial charge is 0.478 e. The Balaban J connectivity index is 1.84. The number of hydrogen-bond donors (Lipinski definition) is 2. The summed E-state index contributed by atoms with van der Waals surface area (Å²) in [5, 5.41) is 11.4. The molecule has 0 aliphatic carbocycles. The number of hydrogen-bond acceptors (Lipinski definition) is 3. The van der Waals surface area contributed by atoms with Crippen LogP contribution in [0.25, 0.3) is 6.08 Å². The summed E-state index contributed by atoms with van der Waals surface area (Å²) in [5.41, 5.74) is 1.50. The van der Waals surface area contributed by atoms with E-state index in [1.807, 2.05) is 0 Å². The zero-order chi connectivity index (χ0) is 15.1. The summed E-state index contributed by atoms with van der Waals surface area (Å²) < 4.78 is 5.27. The number of carbonyl (C=O) groups is 2. The Morgan fingerprint density at radius 3 is 2.52 bits per heavy atom. The van der Waals surface area contributed by atoms with Crippen LogP contribution in [-0.2, 0) is 14.3 Å². The van der Waals surface area contributed by atoms with Crippen LogP contribution in [0.3, 0.4) is 0 Å². The summed E-state index contributed by atoms with van der Waals surface area (Å²) in [6.45, 7) is 1.48. The van der Waals surface area contributed by atoms with Gasteiger partial charge in [-0.2, -0.15) is 0 Å². The Kier molecular flexibility index (Phi) is 5.51. The highest BCUT2D eigenvalue weighted by Gasteiger charge is 2.17. The lowest BCUT2D eigenvalue weighted by molar-refractivity contribution is -0.131. The van der Waals surface area contributed by atoms with Crippen LogP contribution in [-0.4, -0.2) is 30.2 Å². The molecule has 1 aromatic rings. The van der Waals surface area contributed by atoms with Crippen molar-refractivity contribution < 1.29 is 19.4 Å². The van der Waals surface area contributed by atoms with Crippen LogP contribution in [0.15, 0.2) is 30.3 Å². The predicted molar refractivity (Wildman–Crippen MR) is 79.9 cm³/mol. The third-order valence-corrected chi connectivity index (χ3v) is 3.43. The normalized spacial score (nSPS) is 16.0. The monoisotopic (exact) mass is 289 g/mol. The van der Waals surface area contributed by atoms with Gasteiger partial charge < -0.3 is 15.2 Å². The van der Waals surface area contributed by atoms with Gasteiger partial charge >= 0.3 is 5.97 Å². The molecule has 0 saturated carbocycles. The summed E-state index contributed by atoms with van der Waals surface area (Å²) in [4.78, 5) is 22.4. The molecule has 1 heterocycles. The van der Waals surface area contributed by atoms with E-state index < -0.39 is 5.97 Å². The first-order valence-electron chi connectivity index (χ1n) is 7.02. The van der Waals surface area contributed by atoms with E-state index in [9.17, 15) is 9.59 Å². The molecule has 0 spiro atoms. The average Bonchev–Trinajstić information content (AvgIpc) is 2.47. The lowest BCUT2D eigenvalue weighted by Crippen LogP contribution is -2.22. The molecule has 1 aliphatic rings. The Labute approximate surface area is 123 Å². The smallest absolute Gasteiger partial charge is 0.328 e. The lowest BCUT2D eigenvalue weighted by atomic mass is 9.96. The van der Waals surface area contributed by atoms with Crippen molar-refractivity contribution >= 4 is 23.6 Å². The van der Waals surface area contributed by atoms with Crippen LogP contribution in [0.5, 0.6) is 0 Å². The number of benzene rings is 1. The summed E-state index contributed by atoms with van der Waals surface area (Å²) in [6.07, 6.45) is 4.98. The second kappa shape index (κ2) is 7.59. The van der Waals surface area contributed by atoms with E-state index in [1.165, 1.54) is 6.08 Å². The first-order valence-corrected chi connectivity index (χ1v) is 7.02. The minimum atomic E-state index is -0.983. The molecule has 1 amide bonds. The molecule has 0 unspecified atom stereocenters. The van der Waals surface area contributed by atoms with Crippen molar-refractivity contribution in [3.05, 3.63) is 35.9 Å². The summed E-state index contributed by atoms with van der Waals surface area (Å²) in [6, 6.07) is 7.07. The molecule has 1 aromatic carbocycles. The van der Waals surface area contributed by atoms with Crippen LogP contribution >= 0.6 is 0 Å². The van der Waals surface area contributed by atoms with Crippen molar-refractivity contribution in [3.63, 3.8) is 0 Å². The fraction of sp³-hybridized carbons (Fsp3) is 0.375. The molecule has 21 heavy (non-hydrogen) atoms. The second-order valence-electron chi connectivity index (χ2n) is 5.10. The molecule has 1 saturated heterocycles. The first kappa shape index (κ1) is 15.3. The fourth-order valence-electron chi connectivity index (χ4n) is 2.27. The number of amides is 1. The molecule has 1 fully saturated rings. The van der Waals surface area contributed by atoms with E-state index in [0.29, 0.717) is 12.3 Å². The van der Waals surface area contributed by atoms with Crippen molar-refractivity contribution in [2.24, 2.45) is 5.92 Å². The number of nitrogens with one attached hydrogen (secondary N) is 1. The Bertz CT molecular complexity index is 516. The van der Waals surface area contributed by atoms with Gasteiger partial charge in [0.25, 0.3) is 0 Å². The number of aliphatic carboxylic acids is 1. The maximum absolute atomic E-state index is 11.9. The highest BCUT2D eigenvalue weighted by Crippen LogP contribution is 2.19. The molecular weight excluding hydrogens is 270 g/mol. The van der Waals surface area contributed by atoms with Crippen LogP contribution in [0.4, 0.5) is 5.69 Å². The topological polar surface area (TPSA) is 75.6 Å². The summed E-state index contributed by atoms with van der Waals surface area (Å²) >= 11 is 0. The molecule has 5 nitrogen and oxygen atoms in total. The minimum Gasteiger partial charge on any atom is -0.478 e. The number of ether oxygens (including phenoxy) is 1. The van der Waals surface area contributed by atoms with E-state index in [4.69, 9.17) is 9.84 Å². The average molecular weight is 289 g/mol. The van der Waals surface area contributed by atoms with E-state index in [2.05, 4.69) is 5.32 Å². The molecule has 2 rings (SSSR count). The van der Waals surface area contributed by atoms with E-state index in [0.717, 1.165) is 43.4 Å². The Hall–Kier alpha value is -2.14. The van der Waals surface area contributed by atoms with Crippen LogP contribution < -0.4 is 5.32 Å². The van der Waals surface area contributed by atoms with Gasteiger partial charge in [0.05, 0.1) is 0 Å². The quantitative estimate of drug-likeness (QED) is 0.817. The van der Waals surface area contributed by atoms with E-state index in [1.54, 1.807) is 24.3 Å². The molecule has 112 valence electrons. The third kappa shape index (κ3) is 5.39. The standard InChI is InChI=1S/C16H19NO4/c18-15(11-13-7-9-21-10-8-13)17-14-4-1-12(2-5-14)3-6-16(19)20/h1-6,13H,7-11H2,(H,17,18)(H,19,20). The molecule has 1 aliphatic heterocycles.